The molecule has 0 heterocycles. The normalized spacial score (nSPS) is 12.4. The molecule has 0 saturated carbocycles. The molecule has 0 fully saturated rings. The third-order valence-corrected chi connectivity index (χ3v) is 3.18. The highest BCUT2D eigenvalue weighted by Crippen LogP contribution is 2.26. The van der Waals surface area contributed by atoms with Crippen LogP contribution in [0.25, 0.3) is 0 Å². The molecule has 0 amide bonds. The second-order valence-corrected chi connectivity index (χ2v) is 5.30. The summed E-state index contributed by atoms with van der Waals surface area (Å²) >= 11 is 5.95. The molecule has 1 aromatic rings. The minimum Gasteiger partial charge on any atom is -0.480 e. The standard InChI is InChI=1S/C13H17ClN2O4/c1-8(2)6-11(13(17)18)15-7-9-10(14)4-3-5-12(9)16(19)20/h3-5,8,11,15H,6-7H2,1-2H3,(H,17,18). The molecular weight excluding hydrogens is 284 g/mol. The molecule has 0 bridgehead atoms. The molecular formula is C13H17ClN2O4. The molecule has 110 valence electrons. The highest BCUT2D eigenvalue weighted by Gasteiger charge is 2.21. The van der Waals surface area contributed by atoms with E-state index in [4.69, 9.17) is 16.7 Å². The lowest BCUT2D eigenvalue weighted by atomic mass is 10.0. The van der Waals surface area contributed by atoms with E-state index >= 15 is 0 Å². The van der Waals surface area contributed by atoms with Gasteiger partial charge in [0.1, 0.15) is 6.04 Å². The van der Waals surface area contributed by atoms with Gasteiger partial charge in [-0.05, 0) is 18.4 Å². The minimum atomic E-state index is -0.978. The second-order valence-electron chi connectivity index (χ2n) is 4.90. The molecule has 1 rings (SSSR count). The zero-order valence-corrected chi connectivity index (χ0v) is 12.1. The van der Waals surface area contributed by atoms with Crippen LogP contribution >= 0.6 is 11.6 Å². The van der Waals surface area contributed by atoms with E-state index in [2.05, 4.69) is 5.32 Å². The number of aliphatic carboxylic acids is 1. The first kappa shape index (κ1) is 16.4. The van der Waals surface area contributed by atoms with Gasteiger partial charge < -0.3 is 5.11 Å². The lowest BCUT2D eigenvalue weighted by Crippen LogP contribution is -2.37. The van der Waals surface area contributed by atoms with Crippen molar-refractivity contribution in [2.45, 2.75) is 32.9 Å². The molecule has 0 aromatic heterocycles. The van der Waals surface area contributed by atoms with Crippen LogP contribution in [0.4, 0.5) is 5.69 Å². The maximum Gasteiger partial charge on any atom is 0.320 e. The summed E-state index contributed by atoms with van der Waals surface area (Å²) in [4.78, 5) is 21.5. The fourth-order valence-corrected chi connectivity index (χ4v) is 2.10. The van der Waals surface area contributed by atoms with Crippen molar-refractivity contribution in [2.75, 3.05) is 0 Å². The molecule has 20 heavy (non-hydrogen) atoms. The van der Waals surface area contributed by atoms with E-state index in [1.54, 1.807) is 6.07 Å². The second kappa shape index (κ2) is 7.21. The number of halogens is 1. The van der Waals surface area contributed by atoms with Crippen molar-refractivity contribution in [3.63, 3.8) is 0 Å². The molecule has 0 radical (unpaired) electrons. The summed E-state index contributed by atoms with van der Waals surface area (Å²) in [5.41, 5.74) is 0.188. The predicted octanol–water partition coefficient (Wildman–Crippen LogP) is 2.84. The number of nitro benzene ring substituents is 1. The summed E-state index contributed by atoms with van der Waals surface area (Å²) < 4.78 is 0. The number of nitro groups is 1. The number of hydrogen-bond donors (Lipinski definition) is 2. The Morgan fingerprint density at radius 3 is 2.65 bits per heavy atom. The molecule has 0 aliphatic heterocycles. The van der Waals surface area contributed by atoms with Gasteiger partial charge in [-0.25, -0.2) is 0 Å². The third-order valence-electron chi connectivity index (χ3n) is 2.82. The molecule has 0 aliphatic rings. The Labute approximate surface area is 121 Å². The average molecular weight is 301 g/mol. The first-order chi connectivity index (χ1) is 9.32. The maximum atomic E-state index is 11.1. The van der Waals surface area contributed by atoms with Crippen molar-refractivity contribution >= 4 is 23.3 Å². The molecule has 0 saturated heterocycles. The van der Waals surface area contributed by atoms with E-state index in [0.29, 0.717) is 12.0 Å². The number of nitrogens with zero attached hydrogens (tertiary/aromatic N) is 1. The Morgan fingerprint density at radius 2 is 2.15 bits per heavy atom. The Kier molecular flexibility index (Phi) is 5.91. The molecule has 2 N–H and O–H groups in total. The van der Waals surface area contributed by atoms with Crippen LogP contribution in [0.1, 0.15) is 25.8 Å². The van der Waals surface area contributed by atoms with Crippen molar-refractivity contribution in [3.05, 3.63) is 38.9 Å². The molecule has 6 nitrogen and oxygen atoms in total. The number of carboxylic acids is 1. The van der Waals surface area contributed by atoms with E-state index in [1.165, 1.54) is 12.1 Å². The van der Waals surface area contributed by atoms with Crippen LogP contribution < -0.4 is 5.32 Å². The van der Waals surface area contributed by atoms with Gasteiger partial charge in [0.25, 0.3) is 5.69 Å². The fraction of sp³-hybridized carbons (Fsp3) is 0.462. The van der Waals surface area contributed by atoms with Gasteiger partial charge in [-0.15, -0.1) is 0 Å². The Balaban J connectivity index is 2.87. The lowest BCUT2D eigenvalue weighted by Gasteiger charge is -2.16. The fourth-order valence-electron chi connectivity index (χ4n) is 1.86. The molecule has 7 heteroatoms. The summed E-state index contributed by atoms with van der Waals surface area (Å²) in [5, 5.41) is 23.1. The molecule has 1 unspecified atom stereocenters. The summed E-state index contributed by atoms with van der Waals surface area (Å²) in [6, 6.07) is 3.63. The smallest absolute Gasteiger partial charge is 0.320 e. The van der Waals surface area contributed by atoms with Crippen LogP contribution in [0.15, 0.2) is 18.2 Å². The van der Waals surface area contributed by atoms with Gasteiger partial charge in [0.05, 0.1) is 15.5 Å². The quantitative estimate of drug-likeness (QED) is 0.596. The third kappa shape index (κ3) is 4.47. The van der Waals surface area contributed by atoms with Gasteiger partial charge in [-0.3, -0.25) is 20.2 Å². The number of carbonyl (C=O) groups is 1. The number of carboxylic acid groups (broad SMARTS) is 1. The molecule has 0 spiro atoms. The summed E-state index contributed by atoms with van der Waals surface area (Å²) in [5.74, 6) is -0.779. The van der Waals surface area contributed by atoms with Crippen molar-refractivity contribution in [2.24, 2.45) is 5.92 Å². The van der Waals surface area contributed by atoms with E-state index in [-0.39, 0.29) is 23.2 Å². The van der Waals surface area contributed by atoms with Crippen LogP contribution in [0.2, 0.25) is 5.02 Å². The van der Waals surface area contributed by atoms with Crippen LogP contribution in [-0.4, -0.2) is 22.0 Å². The Hall–Kier alpha value is -1.66. The van der Waals surface area contributed by atoms with Crippen molar-refractivity contribution in [1.82, 2.24) is 5.32 Å². The predicted molar refractivity (Wildman–Crippen MR) is 75.8 cm³/mol. The van der Waals surface area contributed by atoms with E-state index in [0.717, 1.165) is 0 Å². The van der Waals surface area contributed by atoms with Gasteiger partial charge in [0.2, 0.25) is 0 Å². The molecule has 1 atom stereocenters. The number of benzene rings is 1. The highest BCUT2D eigenvalue weighted by molar-refractivity contribution is 6.31. The summed E-state index contributed by atoms with van der Waals surface area (Å²) in [7, 11) is 0. The minimum absolute atomic E-state index is 0.0413. The zero-order chi connectivity index (χ0) is 15.3. The lowest BCUT2D eigenvalue weighted by molar-refractivity contribution is -0.385. The van der Waals surface area contributed by atoms with Gasteiger partial charge in [-0.1, -0.05) is 31.5 Å². The summed E-state index contributed by atoms with van der Waals surface area (Å²) in [6.07, 6.45) is 0.438. The highest BCUT2D eigenvalue weighted by atomic mass is 35.5. The van der Waals surface area contributed by atoms with Crippen LogP contribution in [0, 0.1) is 16.0 Å². The first-order valence-electron chi connectivity index (χ1n) is 6.21. The van der Waals surface area contributed by atoms with Crippen molar-refractivity contribution in [1.29, 1.82) is 0 Å². The van der Waals surface area contributed by atoms with Gasteiger partial charge in [0.15, 0.2) is 0 Å². The molecule has 1 aromatic carbocycles. The SMILES string of the molecule is CC(C)CC(NCc1c(Cl)cccc1[N+](=O)[O-])C(=O)O. The Bertz CT molecular complexity index is 505. The van der Waals surface area contributed by atoms with E-state index in [1.807, 2.05) is 13.8 Å². The topological polar surface area (TPSA) is 92.5 Å². The van der Waals surface area contributed by atoms with Gasteiger partial charge >= 0.3 is 5.97 Å². The number of rotatable bonds is 7. The monoisotopic (exact) mass is 300 g/mol. The van der Waals surface area contributed by atoms with Crippen LogP contribution in [0.3, 0.4) is 0 Å². The maximum absolute atomic E-state index is 11.1. The van der Waals surface area contributed by atoms with Gasteiger partial charge in [0, 0.05) is 12.6 Å². The Morgan fingerprint density at radius 1 is 1.50 bits per heavy atom. The molecule has 0 aliphatic carbocycles. The largest absolute Gasteiger partial charge is 0.480 e. The van der Waals surface area contributed by atoms with Crippen molar-refractivity contribution < 1.29 is 14.8 Å². The zero-order valence-electron chi connectivity index (χ0n) is 11.3. The van der Waals surface area contributed by atoms with Crippen LogP contribution in [0.5, 0.6) is 0 Å². The van der Waals surface area contributed by atoms with Crippen LogP contribution in [-0.2, 0) is 11.3 Å². The number of hydrogen-bond acceptors (Lipinski definition) is 4. The number of nitrogens with one attached hydrogen (secondary N) is 1. The van der Waals surface area contributed by atoms with E-state index in [9.17, 15) is 14.9 Å². The van der Waals surface area contributed by atoms with Gasteiger partial charge in [-0.2, -0.15) is 0 Å². The van der Waals surface area contributed by atoms with E-state index < -0.39 is 16.9 Å². The van der Waals surface area contributed by atoms with Crippen molar-refractivity contribution in [3.8, 4) is 0 Å². The average Bonchev–Trinajstić information content (AvgIpc) is 2.34. The first-order valence-corrected chi connectivity index (χ1v) is 6.58. The summed E-state index contributed by atoms with van der Waals surface area (Å²) in [6.45, 7) is 3.87.